The number of carboxylic acids is 1. The summed E-state index contributed by atoms with van der Waals surface area (Å²) in [6, 6.07) is 8.37. The molecule has 1 N–H and O–H groups in total. The highest BCUT2D eigenvalue weighted by Gasteiger charge is 2.09. The predicted molar refractivity (Wildman–Crippen MR) is 74.2 cm³/mol. The minimum atomic E-state index is -3.19. The normalized spacial score (nSPS) is 11.4. The van der Waals surface area contributed by atoms with Gasteiger partial charge in [-0.15, -0.1) is 11.3 Å². The van der Waals surface area contributed by atoms with Gasteiger partial charge in [0.15, 0.2) is 9.84 Å². The van der Waals surface area contributed by atoms with Crippen LogP contribution in [0, 0.1) is 0 Å². The molecule has 0 bridgehead atoms. The van der Waals surface area contributed by atoms with E-state index in [1.54, 1.807) is 24.3 Å². The van der Waals surface area contributed by atoms with Crippen molar-refractivity contribution in [2.75, 3.05) is 6.26 Å². The first kappa shape index (κ1) is 13.8. The lowest BCUT2D eigenvalue weighted by Crippen LogP contribution is -1.97. The number of sulfone groups is 1. The Kier molecular flexibility index (Phi) is 3.73. The van der Waals surface area contributed by atoms with Crippen LogP contribution >= 0.6 is 11.3 Å². The lowest BCUT2D eigenvalue weighted by Gasteiger charge is -2.00. The van der Waals surface area contributed by atoms with Crippen molar-refractivity contribution in [2.45, 2.75) is 11.3 Å². The number of thiophene rings is 1. The van der Waals surface area contributed by atoms with E-state index in [9.17, 15) is 13.2 Å². The molecule has 19 heavy (non-hydrogen) atoms. The molecule has 6 heteroatoms. The standard InChI is InChI=1S/C13H12O4S2/c1-19(16,17)12-4-2-9(3-5-12)10-6-11(18-8-10)7-13(14)15/h2-6,8H,7H2,1H3,(H,14,15). The highest BCUT2D eigenvalue weighted by atomic mass is 32.2. The third-order valence-electron chi connectivity index (χ3n) is 2.60. The molecule has 2 rings (SSSR count). The molecule has 0 radical (unpaired) electrons. The Balaban J connectivity index is 2.27. The number of carboxylic acid groups (broad SMARTS) is 1. The average molecular weight is 296 g/mol. The summed E-state index contributed by atoms with van der Waals surface area (Å²) in [5, 5.41) is 10.6. The SMILES string of the molecule is CS(=O)(=O)c1ccc(-c2csc(CC(=O)O)c2)cc1. The number of aliphatic carboxylic acids is 1. The molecule has 1 heterocycles. The van der Waals surface area contributed by atoms with Crippen LogP contribution in [0.15, 0.2) is 40.6 Å². The van der Waals surface area contributed by atoms with Crippen LogP contribution in [-0.2, 0) is 21.1 Å². The maximum atomic E-state index is 11.3. The van der Waals surface area contributed by atoms with Crippen molar-refractivity contribution in [3.05, 3.63) is 40.6 Å². The van der Waals surface area contributed by atoms with E-state index in [0.29, 0.717) is 0 Å². The first-order valence-corrected chi connectivity index (χ1v) is 8.23. The highest BCUT2D eigenvalue weighted by molar-refractivity contribution is 7.90. The van der Waals surface area contributed by atoms with Crippen molar-refractivity contribution in [2.24, 2.45) is 0 Å². The molecule has 0 atom stereocenters. The molecule has 0 fully saturated rings. The van der Waals surface area contributed by atoms with Crippen LogP contribution in [0.1, 0.15) is 4.88 Å². The molecule has 0 amide bonds. The van der Waals surface area contributed by atoms with Gasteiger partial charge < -0.3 is 5.11 Å². The summed E-state index contributed by atoms with van der Waals surface area (Å²) in [7, 11) is -3.19. The largest absolute Gasteiger partial charge is 0.481 e. The van der Waals surface area contributed by atoms with Crippen LogP contribution in [0.25, 0.3) is 11.1 Å². The fourth-order valence-electron chi connectivity index (χ4n) is 1.67. The lowest BCUT2D eigenvalue weighted by atomic mass is 10.1. The van der Waals surface area contributed by atoms with Gasteiger partial charge in [0.25, 0.3) is 0 Å². The minimum absolute atomic E-state index is 0.00604. The van der Waals surface area contributed by atoms with Crippen LogP contribution in [0.4, 0.5) is 0 Å². The number of benzene rings is 1. The van der Waals surface area contributed by atoms with Gasteiger partial charge in [-0.3, -0.25) is 4.79 Å². The van der Waals surface area contributed by atoms with Crippen molar-refractivity contribution < 1.29 is 18.3 Å². The first-order valence-electron chi connectivity index (χ1n) is 5.46. The van der Waals surface area contributed by atoms with Crippen molar-refractivity contribution >= 4 is 27.1 Å². The Morgan fingerprint density at radius 1 is 1.21 bits per heavy atom. The Labute approximate surface area is 115 Å². The van der Waals surface area contributed by atoms with Gasteiger partial charge in [-0.1, -0.05) is 12.1 Å². The third kappa shape index (κ3) is 3.42. The molecule has 2 aromatic rings. The summed E-state index contributed by atoms with van der Waals surface area (Å²) in [6.45, 7) is 0. The molecule has 0 aliphatic heterocycles. The van der Waals surface area contributed by atoms with Gasteiger partial charge in [0.05, 0.1) is 11.3 Å². The number of hydrogen-bond donors (Lipinski definition) is 1. The van der Waals surface area contributed by atoms with E-state index in [1.165, 1.54) is 11.3 Å². The van der Waals surface area contributed by atoms with Gasteiger partial charge in [-0.05, 0) is 34.7 Å². The topological polar surface area (TPSA) is 71.4 Å². The van der Waals surface area contributed by atoms with Crippen LogP contribution in [-0.4, -0.2) is 25.7 Å². The molecule has 1 aromatic carbocycles. The number of carbonyl (C=O) groups is 1. The molecular formula is C13H12O4S2. The summed E-state index contributed by atoms with van der Waals surface area (Å²) in [6.07, 6.45) is 1.17. The number of hydrogen-bond acceptors (Lipinski definition) is 4. The van der Waals surface area contributed by atoms with Gasteiger partial charge in [0.1, 0.15) is 0 Å². The monoisotopic (exact) mass is 296 g/mol. The van der Waals surface area contributed by atoms with Crippen LogP contribution < -0.4 is 0 Å². The molecular weight excluding hydrogens is 284 g/mol. The van der Waals surface area contributed by atoms with Crippen LogP contribution in [0.3, 0.4) is 0 Å². The van der Waals surface area contributed by atoms with Crippen molar-refractivity contribution in [3.8, 4) is 11.1 Å². The second kappa shape index (κ2) is 5.14. The smallest absolute Gasteiger partial charge is 0.308 e. The average Bonchev–Trinajstić information content (AvgIpc) is 2.75. The number of rotatable bonds is 4. The molecule has 4 nitrogen and oxygen atoms in total. The summed E-state index contributed by atoms with van der Waals surface area (Å²) >= 11 is 1.38. The molecule has 0 spiro atoms. The quantitative estimate of drug-likeness (QED) is 0.940. The van der Waals surface area contributed by atoms with E-state index < -0.39 is 15.8 Å². The predicted octanol–water partition coefficient (Wildman–Crippen LogP) is 2.45. The van der Waals surface area contributed by atoms with Gasteiger partial charge in [-0.2, -0.15) is 0 Å². The Hall–Kier alpha value is -1.66. The lowest BCUT2D eigenvalue weighted by molar-refractivity contribution is -0.136. The van der Waals surface area contributed by atoms with Crippen molar-refractivity contribution in [1.82, 2.24) is 0 Å². The maximum absolute atomic E-state index is 11.3. The third-order valence-corrected chi connectivity index (χ3v) is 4.66. The van der Waals surface area contributed by atoms with Crippen molar-refractivity contribution in [3.63, 3.8) is 0 Å². The summed E-state index contributed by atoms with van der Waals surface area (Å²) in [5.41, 5.74) is 1.78. The Bertz CT molecular complexity index is 696. The van der Waals surface area contributed by atoms with E-state index in [4.69, 9.17) is 5.11 Å². The molecule has 0 saturated heterocycles. The van der Waals surface area contributed by atoms with E-state index in [1.807, 2.05) is 11.4 Å². The molecule has 0 saturated carbocycles. The molecule has 0 aliphatic carbocycles. The summed E-state index contributed by atoms with van der Waals surface area (Å²) < 4.78 is 22.7. The second-order valence-electron chi connectivity index (χ2n) is 4.17. The van der Waals surface area contributed by atoms with Crippen LogP contribution in [0.5, 0.6) is 0 Å². The highest BCUT2D eigenvalue weighted by Crippen LogP contribution is 2.27. The molecule has 1 aromatic heterocycles. The van der Waals surface area contributed by atoms with Gasteiger partial charge in [0, 0.05) is 11.1 Å². The fourth-order valence-corrected chi connectivity index (χ4v) is 3.18. The maximum Gasteiger partial charge on any atom is 0.308 e. The first-order chi connectivity index (χ1) is 8.86. The summed E-state index contributed by atoms with van der Waals surface area (Å²) in [5.74, 6) is -0.860. The zero-order chi connectivity index (χ0) is 14.0. The van der Waals surface area contributed by atoms with Gasteiger partial charge in [0.2, 0.25) is 0 Å². The zero-order valence-corrected chi connectivity index (χ0v) is 11.8. The van der Waals surface area contributed by atoms with Gasteiger partial charge in [-0.25, -0.2) is 8.42 Å². The molecule has 0 unspecified atom stereocenters. The molecule has 0 aliphatic rings. The summed E-state index contributed by atoms with van der Waals surface area (Å²) in [4.78, 5) is 11.7. The zero-order valence-electron chi connectivity index (χ0n) is 10.2. The fraction of sp³-hybridized carbons (Fsp3) is 0.154. The Morgan fingerprint density at radius 3 is 2.37 bits per heavy atom. The van der Waals surface area contributed by atoms with E-state index in [2.05, 4.69) is 0 Å². The van der Waals surface area contributed by atoms with Crippen molar-refractivity contribution in [1.29, 1.82) is 0 Å². The second-order valence-corrected chi connectivity index (χ2v) is 7.18. The molecule has 100 valence electrons. The Morgan fingerprint density at radius 2 is 1.84 bits per heavy atom. The minimum Gasteiger partial charge on any atom is -0.481 e. The van der Waals surface area contributed by atoms with E-state index in [0.717, 1.165) is 22.3 Å². The van der Waals surface area contributed by atoms with Gasteiger partial charge >= 0.3 is 5.97 Å². The van der Waals surface area contributed by atoms with E-state index >= 15 is 0 Å². The van der Waals surface area contributed by atoms with E-state index in [-0.39, 0.29) is 11.3 Å². The van der Waals surface area contributed by atoms with Crippen LogP contribution in [0.2, 0.25) is 0 Å².